The summed E-state index contributed by atoms with van der Waals surface area (Å²) in [6.07, 6.45) is 6.02. The average molecular weight is 207 g/mol. The predicted octanol–water partition coefficient (Wildman–Crippen LogP) is 1.50. The summed E-state index contributed by atoms with van der Waals surface area (Å²) in [6, 6.07) is 0.625. The van der Waals surface area contributed by atoms with Gasteiger partial charge in [0, 0.05) is 23.8 Å². The van der Waals surface area contributed by atoms with E-state index in [4.69, 9.17) is 0 Å². The van der Waals surface area contributed by atoms with Crippen molar-refractivity contribution in [2.75, 3.05) is 5.32 Å². The molecule has 0 radical (unpaired) electrons. The van der Waals surface area contributed by atoms with Gasteiger partial charge in [-0.1, -0.05) is 0 Å². The van der Waals surface area contributed by atoms with E-state index in [9.17, 15) is 0 Å². The van der Waals surface area contributed by atoms with E-state index in [2.05, 4.69) is 24.9 Å². The lowest BCUT2D eigenvalue weighted by atomic mass is 10.3. The Morgan fingerprint density at radius 1 is 1.50 bits per heavy atom. The number of anilines is 1. The van der Waals surface area contributed by atoms with Crippen molar-refractivity contribution in [1.82, 2.24) is 19.6 Å². The van der Waals surface area contributed by atoms with Crippen LogP contribution in [0.15, 0.2) is 12.4 Å². The molecule has 0 aliphatic heterocycles. The molecule has 14 heavy (non-hydrogen) atoms. The Balaban J connectivity index is 1.82. The summed E-state index contributed by atoms with van der Waals surface area (Å²) < 4.78 is 4.25. The first-order valence-electron chi connectivity index (χ1n) is 4.51. The maximum atomic E-state index is 4.37. The maximum Gasteiger partial charge on any atom is 0.203 e. The summed E-state index contributed by atoms with van der Waals surface area (Å²) >= 11 is 1.40. The third-order valence-corrected chi connectivity index (χ3v) is 2.73. The van der Waals surface area contributed by atoms with Crippen LogP contribution in [0.25, 0.3) is 11.4 Å². The minimum atomic E-state index is 0.625. The second-order valence-corrected chi connectivity index (χ2v) is 4.08. The summed E-state index contributed by atoms with van der Waals surface area (Å²) in [5.74, 6) is 0.743. The highest BCUT2D eigenvalue weighted by molar-refractivity contribution is 7.09. The number of aromatic amines is 1. The van der Waals surface area contributed by atoms with Crippen molar-refractivity contribution < 1.29 is 0 Å². The Hall–Kier alpha value is -1.43. The Bertz CT molecular complexity index is 417. The monoisotopic (exact) mass is 207 g/mol. The van der Waals surface area contributed by atoms with Crippen molar-refractivity contribution >= 4 is 16.7 Å². The fourth-order valence-corrected chi connectivity index (χ4v) is 1.84. The van der Waals surface area contributed by atoms with Crippen molar-refractivity contribution in [2.24, 2.45) is 0 Å². The van der Waals surface area contributed by atoms with Gasteiger partial charge < -0.3 is 5.32 Å². The molecule has 0 amide bonds. The molecule has 2 aromatic heterocycles. The molecule has 0 spiro atoms. The molecule has 5 nitrogen and oxygen atoms in total. The molecule has 2 N–H and O–H groups in total. The molecule has 1 fully saturated rings. The van der Waals surface area contributed by atoms with E-state index in [0.717, 1.165) is 16.5 Å². The van der Waals surface area contributed by atoms with Gasteiger partial charge in [0.15, 0.2) is 5.82 Å². The van der Waals surface area contributed by atoms with Crippen molar-refractivity contribution in [3.8, 4) is 11.4 Å². The van der Waals surface area contributed by atoms with Gasteiger partial charge in [-0.15, -0.1) is 0 Å². The molecule has 72 valence electrons. The fraction of sp³-hybridized carbons (Fsp3) is 0.375. The molecule has 0 unspecified atom stereocenters. The van der Waals surface area contributed by atoms with Crippen molar-refractivity contribution in [1.29, 1.82) is 0 Å². The van der Waals surface area contributed by atoms with E-state index in [-0.39, 0.29) is 0 Å². The lowest BCUT2D eigenvalue weighted by Crippen LogP contribution is -1.99. The fourth-order valence-electron chi connectivity index (χ4n) is 1.17. The SMILES string of the molecule is c1n[nH]cc1-c1nsc(NC2CC2)n1. The zero-order chi connectivity index (χ0) is 9.38. The van der Waals surface area contributed by atoms with Crippen LogP contribution >= 0.6 is 11.5 Å². The van der Waals surface area contributed by atoms with Gasteiger partial charge in [-0.2, -0.15) is 14.5 Å². The minimum absolute atomic E-state index is 0.625. The van der Waals surface area contributed by atoms with Gasteiger partial charge >= 0.3 is 0 Å². The van der Waals surface area contributed by atoms with Crippen molar-refractivity contribution in [2.45, 2.75) is 18.9 Å². The number of nitrogens with zero attached hydrogens (tertiary/aromatic N) is 3. The second kappa shape index (κ2) is 3.06. The minimum Gasteiger partial charge on any atom is -0.358 e. The highest BCUT2D eigenvalue weighted by Crippen LogP contribution is 2.27. The number of hydrogen-bond acceptors (Lipinski definition) is 5. The van der Waals surface area contributed by atoms with Crippen LogP contribution in [0.5, 0.6) is 0 Å². The molecule has 0 saturated heterocycles. The van der Waals surface area contributed by atoms with Crippen LogP contribution in [-0.4, -0.2) is 25.6 Å². The number of rotatable bonds is 3. The quantitative estimate of drug-likeness (QED) is 0.800. The van der Waals surface area contributed by atoms with Crippen LogP contribution in [0.4, 0.5) is 5.13 Å². The normalized spacial score (nSPS) is 15.7. The number of nitrogens with one attached hydrogen (secondary N) is 2. The summed E-state index contributed by atoms with van der Waals surface area (Å²) in [5.41, 5.74) is 0.935. The third kappa shape index (κ3) is 1.48. The van der Waals surface area contributed by atoms with Gasteiger partial charge in [-0.3, -0.25) is 5.10 Å². The Kier molecular flexibility index (Phi) is 1.73. The van der Waals surface area contributed by atoms with Crippen molar-refractivity contribution in [3.05, 3.63) is 12.4 Å². The van der Waals surface area contributed by atoms with Crippen LogP contribution in [0.1, 0.15) is 12.8 Å². The molecule has 6 heteroatoms. The molecular formula is C8H9N5S. The molecular weight excluding hydrogens is 198 g/mol. The molecule has 0 bridgehead atoms. The molecule has 1 aliphatic rings. The second-order valence-electron chi connectivity index (χ2n) is 3.33. The first-order chi connectivity index (χ1) is 6.92. The summed E-state index contributed by atoms with van der Waals surface area (Å²) in [7, 11) is 0. The Morgan fingerprint density at radius 2 is 2.43 bits per heavy atom. The zero-order valence-corrected chi connectivity index (χ0v) is 8.21. The number of aromatic nitrogens is 4. The van der Waals surface area contributed by atoms with Crippen LogP contribution in [0, 0.1) is 0 Å². The molecule has 1 aliphatic carbocycles. The zero-order valence-electron chi connectivity index (χ0n) is 7.40. The van der Waals surface area contributed by atoms with Gasteiger partial charge in [-0.05, 0) is 12.8 Å². The average Bonchev–Trinajstić information content (AvgIpc) is 2.71. The van der Waals surface area contributed by atoms with Gasteiger partial charge in [0.2, 0.25) is 5.13 Å². The van der Waals surface area contributed by atoms with E-state index >= 15 is 0 Å². The first-order valence-corrected chi connectivity index (χ1v) is 5.28. The van der Waals surface area contributed by atoms with Crippen LogP contribution < -0.4 is 5.32 Å². The number of hydrogen-bond donors (Lipinski definition) is 2. The largest absolute Gasteiger partial charge is 0.358 e. The van der Waals surface area contributed by atoms with Crippen molar-refractivity contribution in [3.63, 3.8) is 0 Å². The van der Waals surface area contributed by atoms with E-state index in [0.29, 0.717) is 6.04 Å². The van der Waals surface area contributed by atoms with Gasteiger partial charge in [-0.25, -0.2) is 0 Å². The Morgan fingerprint density at radius 3 is 3.14 bits per heavy atom. The maximum absolute atomic E-state index is 4.37. The summed E-state index contributed by atoms with van der Waals surface area (Å²) in [4.78, 5) is 4.37. The van der Waals surface area contributed by atoms with E-state index in [1.807, 2.05) is 0 Å². The molecule has 1 saturated carbocycles. The van der Waals surface area contributed by atoms with E-state index in [1.54, 1.807) is 12.4 Å². The number of H-pyrrole nitrogens is 1. The van der Waals surface area contributed by atoms with Crippen LogP contribution in [-0.2, 0) is 0 Å². The molecule has 3 rings (SSSR count). The first kappa shape index (κ1) is 7.93. The van der Waals surface area contributed by atoms with Gasteiger partial charge in [0.25, 0.3) is 0 Å². The topological polar surface area (TPSA) is 66.5 Å². The summed E-state index contributed by atoms with van der Waals surface area (Å²) in [5, 5.41) is 10.8. The highest BCUT2D eigenvalue weighted by atomic mass is 32.1. The molecule has 0 aromatic carbocycles. The predicted molar refractivity (Wildman–Crippen MR) is 54.1 cm³/mol. The molecule has 0 atom stereocenters. The van der Waals surface area contributed by atoms with Crippen LogP contribution in [0.3, 0.4) is 0 Å². The highest BCUT2D eigenvalue weighted by Gasteiger charge is 2.22. The molecule has 2 aromatic rings. The lowest BCUT2D eigenvalue weighted by Gasteiger charge is -1.94. The summed E-state index contributed by atoms with van der Waals surface area (Å²) in [6.45, 7) is 0. The van der Waals surface area contributed by atoms with Crippen LogP contribution in [0.2, 0.25) is 0 Å². The third-order valence-electron chi connectivity index (χ3n) is 2.09. The van der Waals surface area contributed by atoms with Gasteiger partial charge in [0.05, 0.1) is 11.8 Å². The smallest absolute Gasteiger partial charge is 0.203 e. The van der Waals surface area contributed by atoms with E-state index < -0.39 is 0 Å². The standard InChI is InChI=1S/C8H9N5S/c1-2-6(1)11-8-12-7(13-14-8)5-3-9-10-4-5/h3-4,6H,1-2H2,(H,9,10)(H,11,12,13). The Labute approximate surface area is 84.7 Å². The van der Waals surface area contributed by atoms with E-state index in [1.165, 1.54) is 24.4 Å². The lowest BCUT2D eigenvalue weighted by molar-refractivity contribution is 1.09. The molecule has 2 heterocycles. The van der Waals surface area contributed by atoms with Gasteiger partial charge in [0.1, 0.15) is 0 Å².